The Morgan fingerprint density at radius 2 is 1.88 bits per heavy atom. The van der Waals surface area contributed by atoms with Crippen LogP contribution < -0.4 is 15.6 Å². The molecule has 1 amide bonds. The molecule has 0 saturated heterocycles. The number of fused-ring (bicyclic) bond motifs is 1. The van der Waals surface area contributed by atoms with Crippen LogP contribution in [0, 0.1) is 13.8 Å². The molecule has 0 aliphatic heterocycles. The molecule has 0 saturated carbocycles. The molecule has 8 heteroatoms. The first-order chi connectivity index (χ1) is 15.4. The molecule has 0 fully saturated rings. The summed E-state index contributed by atoms with van der Waals surface area (Å²) in [5, 5.41) is 3.84. The summed E-state index contributed by atoms with van der Waals surface area (Å²) in [5.74, 6) is 0.757. The highest BCUT2D eigenvalue weighted by Gasteiger charge is 2.20. The van der Waals surface area contributed by atoms with Gasteiger partial charge in [-0.1, -0.05) is 23.7 Å². The second-order valence-corrected chi connectivity index (χ2v) is 8.89. The number of ether oxygens (including phenoxy) is 1. The van der Waals surface area contributed by atoms with Gasteiger partial charge < -0.3 is 10.1 Å². The Hall–Kier alpha value is -3.16. The SMILES string of the molecule is CCOc1ccc(NC(=O)Cn2c(-c3ccccc3Cl)nc3sc(C)c(C)c3c2=O)cc1. The fourth-order valence-electron chi connectivity index (χ4n) is 3.47. The molecule has 0 spiro atoms. The maximum Gasteiger partial charge on any atom is 0.263 e. The van der Waals surface area contributed by atoms with Crippen molar-refractivity contribution < 1.29 is 9.53 Å². The first-order valence-electron chi connectivity index (χ1n) is 10.2. The Kier molecular flexibility index (Phi) is 6.30. The molecule has 2 aromatic carbocycles. The van der Waals surface area contributed by atoms with Crippen molar-refractivity contribution >= 4 is 44.7 Å². The van der Waals surface area contributed by atoms with Gasteiger partial charge in [-0.3, -0.25) is 14.2 Å². The fourth-order valence-corrected chi connectivity index (χ4v) is 4.71. The van der Waals surface area contributed by atoms with Gasteiger partial charge in [-0.05, 0) is 62.7 Å². The predicted octanol–water partition coefficient (Wildman–Crippen LogP) is 5.43. The highest BCUT2D eigenvalue weighted by Crippen LogP contribution is 2.31. The average molecular weight is 468 g/mol. The number of hydrogen-bond donors (Lipinski definition) is 1. The third-order valence-electron chi connectivity index (χ3n) is 5.15. The number of rotatable bonds is 6. The number of carbonyl (C=O) groups is 1. The van der Waals surface area contributed by atoms with Gasteiger partial charge in [-0.2, -0.15) is 0 Å². The van der Waals surface area contributed by atoms with Gasteiger partial charge in [0, 0.05) is 16.1 Å². The van der Waals surface area contributed by atoms with Gasteiger partial charge in [0.15, 0.2) is 0 Å². The predicted molar refractivity (Wildman–Crippen MR) is 130 cm³/mol. The first-order valence-corrected chi connectivity index (χ1v) is 11.4. The van der Waals surface area contributed by atoms with Crippen LogP contribution >= 0.6 is 22.9 Å². The number of carbonyl (C=O) groups excluding carboxylic acids is 1. The third-order valence-corrected chi connectivity index (χ3v) is 6.59. The zero-order chi connectivity index (χ0) is 22.8. The molecule has 1 N–H and O–H groups in total. The van der Waals surface area contributed by atoms with Crippen LogP contribution in [0.25, 0.3) is 21.6 Å². The van der Waals surface area contributed by atoms with Gasteiger partial charge >= 0.3 is 0 Å². The summed E-state index contributed by atoms with van der Waals surface area (Å²) in [5.41, 5.74) is 1.84. The van der Waals surface area contributed by atoms with Crippen molar-refractivity contribution in [1.82, 2.24) is 9.55 Å². The summed E-state index contributed by atoms with van der Waals surface area (Å²) in [6, 6.07) is 14.3. The van der Waals surface area contributed by atoms with E-state index in [0.29, 0.717) is 38.9 Å². The molecule has 4 aromatic rings. The Labute approximate surface area is 194 Å². The molecule has 0 atom stereocenters. The molecule has 0 aliphatic carbocycles. The third kappa shape index (κ3) is 4.26. The normalized spacial score (nSPS) is 11.0. The lowest BCUT2D eigenvalue weighted by Crippen LogP contribution is -2.30. The lowest BCUT2D eigenvalue weighted by Gasteiger charge is -2.14. The van der Waals surface area contributed by atoms with Crippen LogP contribution in [0.15, 0.2) is 53.3 Å². The van der Waals surface area contributed by atoms with Crippen molar-refractivity contribution in [2.24, 2.45) is 0 Å². The largest absolute Gasteiger partial charge is 0.494 e. The van der Waals surface area contributed by atoms with E-state index >= 15 is 0 Å². The van der Waals surface area contributed by atoms with Crippen molar-refractivity contribution in [2.45, 2.75) is 27.3 Å². The summed E-state index contributed by atoms with van der Waals surface area (Å²) in [6.45, 7) is 6.14. The van der Waals surface area contributed by atoms with Crippen LogP contribution in [0.3, 0.4) is 0 Å². The van der Waals surface area contributed by atoms with Crippen LogP contribution in [0.1, 0.15) is 17.4 Å². The summed E-state index contributed by atoms with van der Waals surface area (Å²) in [6.07, 6.45) is 0. The van der Waals surface area contributed by atoms with Crippen molar-refractivity contribution in [3.8, 4) is 17.1 Å². The molecule has 164 valence electrons. The summed E-state index contributed by atoms with van der Waals surface area (Å²) in [7, 11) is 0. The number of nitrogens with zero attached hydrogens (tertiary/aromatic N) is 2. The standard InChI is InChI=1S/C24H22ClN3O3S/c1-4-31-17-11-9-16(10-12-17)26-20(29)13-28-22(18-7-5-6-8-19(18)25)27-23-21(24(28)30)14(2)15(3)32-23/h5-12H,4,13H2,1-3H3,(H,26,29). The zero-order valence-corrected chi connectivity index (χ0v) is 19.5. The summed E-state index contributed by atoms with van der Waals surface area (Å²) < 4.78 is 6.82. The minimum Gasteiger partial charge on any atom is -0.494 e. The molecule has 0 bridgehead atoms. The maximum absolute atomic E-state index is 13.5. The molecule has 2 aromatic heterocycles. The van der Waals surface area contributed by atoms with E-state index < -0.39 is 0 Å². The molecule has 0 aliphatic rings. The number of thiophene rings is 1. The molecule has 6 nitrogen and oxygen atoms in total. The summed E-state index contributed by atoms with van der Waals surface area (Å²) >= 11 is 7.88. The van der Waals surface area contributed by atoms with Gasteiger partial charge in [0.25, 0.3) is 5.56 Å². The van der Waals surface area contributed by atoms with Gasteiger partial charge in [-0.15, -0.1) is 11.3 Å². The Morgan fingerprint density at radius 3 is 2.56 bits per heavy atom. The monoisotopic (exact) mass is 467 g/mol. The van der Waals surface area contributed by atoms with Crippen molar-refractivity contribution in [3.63, 3.8) is 0 Å². The molecule has 0 unspecified atom stereocenters. The van der Waals surface area contributed by atoms with Crippen LogP contribution in [-0.2, 0) is 11.3 Å². The molecule has 0 radical (unpaired) electrons. The average Bonchev–Trinajstić information content (AvgIpc) is 3.06. The van der Waals surface area contributed by atoms with Crippen LogP contribution in [0.4, 0.5) is 5.69 Å². The number of amides is 1. The second kappa shape index (κ2) is 9.14. The number of halogens is 1. The zero-order valence-electron chi connectivity index (χ0n) is 17.9. The van der Waals surface area contributed by atoms with Gasteiger partial charge in [0.05, 0.1) is 17.0 Å². The Balaban J connectivity index is 1.75. The lowest BCUT2D eigenvalue weighted by atomic mass is 10.1. The van der Waals surface area contributed by atoms with E-state index in [1.807, 2.05) is 32.9 Å². The highest BCUT2D eigenvalue weighted by atomic mass is 35.5. The number of aryl methyl sites for hydroxylation is 2. The van der Waals surface area contributed by atoms with Crippen LogP contribution in [0.2, 0.25) is 5.02 Å². The molecule has 32 heavy (non-hydrogen) atoms. The Morgan fingerprint density at radius 1 is 1.16 bits per heavy atom. The van der Waals surface area contributed by atoms with E-state index in [1.54, 1.807) is 36.4 Å². The Bertz CT molecular complexity index is 1360. The van der Waals surface area contributed by atoms with Crippen LogP contribution in [0.5, 0.6) is 5.75 Å². The van der Waals surface area contributed by atoms with Crippen molar-refractivity contribution in [1.29, 1.82) is 0 Å². The highest BCUT2D eigenvalue weighted by molar-refractivity contribution is 7.18. The van der Waals surface area contributed by atoms with Crippen molar-refractivity contribution in [3.05, 3.63) is 74.3 Å². The summed E-state index contributed by atoms with van der Waals surface area (Å²) in [4.78, 5) is 32.7. The van der Waals surface area contributed by atoms with E-state index in [2.05, 4.69) is 5.32 Å². The molecular formula is C24H22ClN3O3S. The fraction of sp³-hybridized carbons (Fsp3) is 0.208. The van der Waals surface area contributed by atoms with Crippen molar-refractivity contribution in [2.75, 3.05) is 11.9 Å². The van der Waals surface area contributed by atoms with Gasteiger partial charge in [-0.25, -0.2) is 4.98 Å². The van der Waals surface area contributed by atoms with E-state index in [-0.39, 0.29) is 18.0 Å². The number of benzene rings is 2. The first kappa shape index (κ1) is 22.0. The van der Waals surface area contributed by atoms with E-state index in [0.717, 1.165) is 16.2 Å². The van der Waals surface area contributed by atoms with Gasteiger partial charge in [0.2, 0.25) is 5.91 Å². The number of nitrogens with one attached hydrogen (secondary N) is 1. The number of hydrogen-bond acceptors (Lipinski definition) is 5. The molecular weight excluding hydrogens is 446 g/mol. The maximum atomic E-state index is 13.5. The van der Waals surface area contributed by atoms with E-state index in [4.69, 9.17) is 21.3 Å². The van der Waals surface area contributed by atoms with Gasteiger partial charge in [0.1, 0.15) is 22.9 Å². The van der Waals surface area contributed by atoms with E-state index in [9.17, 15) is 9.59 Å². The second-order valence-electron chi connectivity index (χ2n) is 7.28. The van der Waals surface area contributed by atoms with Crippen LogP contribution in [-0.4, -0.2) is 22.1 Å². The number of aromatic nitrogens is 2. The molecule has 4 rings (SSSR count). The number of anilines is 1. The smallest absolute Gasteiger partial charge is 0.263 e. The van der Waals surface area contributed by atoms with E-state index in [1.165, 1.54) is 15.9 Å². The quantitative estimate of drug-likeness (QED) is 0.410. The molecule has 2 heterocycles. The minimum absolute atomic E-state index is 0.191. The lowest BCUT2D eigenvalue weighted by molar-refractivity contribution is -0.116. The topological polar surface area (TPSA) is 73.2 Å². The minimum atomic E-state index is -0.338.